The lowest BCUT2D eigenvalue weighted by Gasteiger charge is -2.22. The molecule has 2 rings (SSSR count). The first-order chi connectivity index (χ1) is 11.2. The van der Waals surface area contributed by atoms with Gasteiger partial charge in [-0.3, -0.25) is 9.78 Å². The Labute approximate surface area is 143 Å². The highest BCUT2D eigenvalue weighted by Gasteiger charge is 2.31. The van der Waals surface area contributed by atoms with E-state index in [1.54, 1.807) is 69.4 Å². The van der Waals surface area contributed by atoms with Gasteiger partial charge >= 0.3 is 0 Å². The zero-order valence-corrected chi connectivity index (χ0v) is 14.9. The number of hydrogen-bond acceptors (Lipinski definition) is 4. The van der Waals surface area contributed by atoms with Gasteiger partial charge in [-0.05, 0) is 23.8 Å². The molecule has 0 unspecified atom stereocenters. The van der Waals surface area contributed by atoms with Gasteiger partial charge in [-0.25, -0.2) is 8.42 Å². The summed E-state index contributed by atoms with van der Waals surface area (Å²) >= 11 is 0. The summed E-state index contributed by atoms with van der Waals surface area (Å²) in [5.41, 5.74) is -0.0359. The number of pyridine rings is 1. The molecule has 0 saturated carbocycles. The van der Waals surface area contributed by atoms with E-state index >= 15 is 0 Å². The van der Waals surface area contributed by atoms with Gasteiger partial charge < -0.3 is 5.32 Å². The molecular weight excluding hydrogens is 324 g/mol. The molecule has 1 heterocycles. The molecule has 0 aliphatic carbocycles. The smallest absolute Gasteiger partial charge is 0.225 e. The first-order valence-corrected chi connectivity index (χ1v) is 9.25. The van der Waals surface area contributed by atoms with Crippen molar-refractivity contribution in [1.29, 1.82) is 0 Å². The van der Waals surface area contributed by atoms with Crippen molar-refractivity contribution in [1.82, 2.24) is 10.3 Å². The Morgan fingerprint density at radius 1 is 1.12 bits per heavy atom. The predicted molar refractivity (Wildman–Crippen MR) is 93.1 cm³/mol. The fourth-order valence-corrected chi connectivity index (χ4v) is 3.86. The van der Waals surface area contributed by atoms with Crippen LogP contribution in [0.4, 0.5) is 0 Å². The molecule has 0 spiro atoms. The Bertz CT molecular complexity index is 782. The third-order valence-electron chi connectivity index (χ3n) is 3.63. The van der Waals surface area contributed by atoms with Crippen LogP contribution in [-0.4, -0.2) is 25.9 Å². The van der Waals surface area contributed by atoms with Crippen LogP contribution in [0.1, 0.15) is 31.6 Å². The number of carbonyl (C=O) groups excluding carboxylic acids is 1. The van der Waals surface area contributed by atoms with Crippen LogP contribution in [0.3, 0.4) is 0 Å². The molecule has 0 bridgehead atoms. The van der Waals surface area contributed by atoms with E-state index < -0.39 is 20.5 Å². The topological polar surface area (TPSA) is 76.1 Å². The fourth-order valence-electron chi connectivity index (χ4n) is 2.20. The molecule has 1 aromatic carbocycles. The lowest BCUT2D eigenvalue weighted by molar-refractivity contribution is -0.128. The third kappa shape index (κ3) is 4.20. The summed E-state index contributed by atoms with van der Waals surface area (Å²) in [5, 5.41) is 1.86. The van der Waals surface area contributed by atoms with Gasteiger partial charge in [0.2, 0.25) is 5.91 Å². The average Bonchev–Trinajstić information content (AvgIpc) is 2.55. The number of sulfone groups is 1. The minimum Gasteiger partial charge on any atom is -0.354 e. The van der Waals surface area contributed by atoms with Crippen LogP contribution < -0.4 is 5.32 Å². The monoisotopic (exact) mass is 346 g/mol. The van der Waals surface area contributed by atoms with Gasteiger partial charge in [0, 0.05) is 24.4 Å². The minimum atomic E-state index is -3.65. The van der Waals surface area contributed by atoms with Crippen LogP contribution in [0.15, 0.2) is 59.8 Å². The van der Waals surface area contributed by atoms with Crippen molar-refractivity contribution < 1.29 is 13.2 Å². The second kappa shape index (κ2) is 7.13. The van der Waals surface area contributed by atoms with Crippen LogP contribution in [0.5, 0.6) is 0 Å². The van der Waals surface area contributed by atoms with Crippen LogP contribution >= 0.6 is 0 Å². The van der Waals surface area contributed by atoms with E-state index in [1.165, 1.54) is 6.20 Å². The van der Waals surface area contributed by atoms with Gasteiger partial charge in [-0.15, -0.1) is 0 Å². The number of nitrogens with zero attached hydrogens (tertiary/aromatic N) is 1. The maximum absolute atomic E-state index is 13.0. The van der Waals surface area contributed by atoms with E-state index in [0.29, 0.717) is 5.56 Å². The molecule has 0 aliphatic rings. The molecule has 1 N–H and O–H groups in total. The highest BCUT2D eigenvalue weighted by atomic mass is 32.2. The van der Waals surface area contributed by atoms with Crippen molar-refractivity contribution in [3.05, 3.63) is 60.4 Å². The predicted octanol–water partition coefficient (Wildman–Crippen LogP) is 2.76. The lowest BCUT2D eigenvalue weighted by Crippen LogP contribution is -2.38. The molecule has 0 radical (unpaired) electrons. The maximum atomic E-state index is 13.0. The van der Waals surface area contributed by atoms with Gasteiger partial charge in [-0.1, -0.05) is 45.0 Å². The van der Waals surface area contributed by atoms with E-state index in [1.807, 2.05) is 0 Å². The van der Waals surface area contributed by atoms with Crippen LogP contribution in [0, 0.1) is 5.41 Å². The minimum absolute atomic E-state index is 0.000968. The second-order valence-electron chi connectivity index (χ2n) is 6.59. The molecule has 1 atom stereocenters. The molecule has 24 heavy (non-hydrogen) atoms. The Morgan fingerprint density at radius 3 is 2.33 bits per heavy atom. The summed E-state index contributed by atoms with van der Waals surface area (Å²) in [6.45, 7) is 5.35. The second-order valence-corrected chi connectivity index (χ2v) is 8.72. The van der Waals surface area contributed by atoms with Crippen molar-refractivity contribution in [3.63, 3.8) is 0 Å². The number of nitrogens with one attached hydrogen (secondary N) is 1. The summed E-state index contributed by atoms with van der Waals surface area (Å²) < 4.78 is 26.0. The molecule has 1 aromatic heterocycles. The quantitative estimate of drug-likeness (QED) is 0.903. The largest absolute Gasteiger partial charge is 0.354 e. The average molecular weight is 346 g/mol. The van der Waals surface area contributed by atoms with Gasteiger partial charge in [0.05, 0.1) is 4.90 Å². The van der Waals surface area contributed by atoms with Gasteiger partial charge in [0.1, 0.15) is 5.25 Å². The zero-order chi connectivity index (χ0) is 17.8. The van der Waals surface area contributed by atoms with Crippen LogP contribution in [0.2, 0.25) is 0 Å². The summed E-state index contributed by atoms with van der Waals surface area (Å²) in [6.07, 6.45) is 3.11. The van der Waals surface area contributed by atoms with E-state index in [-0.39, 0.29) is 17.3 Å². The van der Waals surface area contributed by atoms with E-state index in [0.717, 1.165) is 0 Å². The first kappa shape index (κ1) is 18.1. The van der Waals surface area contributed by atoms with Crippen LogP contribution in [0.25, 0.3) is 0 Å². The lowest BCUT2D eigenvalue weighted by atomic mass is 9.95. The van der Waals surface area contributed by atoms with Crippen molar-refractivity contribution in [2.45, 2.75) is 30.9 Å². The van der Waals surface area contributed by atoms with Crippen molar-refractivity contribution in [2.75, 3.05) is 6.54 Å². The first-order valence-electron chi connectivity index (χ1n) is 7.70. The molecule has 0 fully saturated rings. The van der Waals surface area contributed by atoms with Gasteiger partial charge in [-0.2, -0.15) is 0 Å². The molecule has 128 valence electrons. The number of benzene rings is 1. The normalized spacial score (nSPS) is 13.3. The van der Waals surface area contributed by atoms with Gasteiger partial charge in [0.15, 0.2) is 9.84 Å². The Morgan fingerprint density at radius 2 is 1.79 bits per heavy atom. The zero-order valence-electron chi connectivity index (χ0n) is 14.1. The number of carbonyl (C=O) groups is 1. The van der Waals surface area contributed by atoms with E-state index in [4.69, 9.17) is 0 Å². The molecular formula is C18H22N2O3S. The van der Waals surface area contributed by atoms with Crippen molar-refractivity contribution in [3.8, 4) is 0 Å². The van der Waals surface area contributed by atoms with Crippen molar-refractivity contribution in [2.24, 2.45) is 5.41 Å². The molecule has 1 amide bonds. The maximum Gasteiger partial charge on any atom is 0.225 e. The Hall–Kier alpha value is -2.21. The molecule has 2 aromatic rings. The molecule has 0 saturated heterocycles. The number of hydrogen-bond donors (Lipinski definition) is 1. The Kier molecular flexibility index (Phi) is 5.39. The fraction of sp³-hybridized carbons (Fsp3) is 0.333. The SMILES string of the molecule is CC(C)(C)C(=O)NC[C@H](c1cccnc1)S(=O)(=O)c1ccccc1. The van der Waals surface area contributed by atoms with E-state index in [2.05, 4.69) is 10.3 Å². The highest BCUT2D eigenvalue weighted by molar-refractivity contribution is 7.91. The Balaban J connectivity index is 2.36. The number of rotatable bonds is 5. The molecule has 5 nitrogen and oxygen atoms in total. The summed E-state index contributed by atoms with van der Waals surface area (Å²) in [7, 11) is -3.65. The van der Waals surface area contributed by atoms with E-state index in [9.17, 15) is 13.2 Å². The molecule has 6 heteroatoms. The highest BCUT2D eigenvalue weighted by Crippen LogP contribution is 2.28. The standard InChI is InChI=1S/C18H22N2O3S/c1-18(2,3)17(21)20-13-16(14-8-7-11-19-12-14)24(22,23)15-9-5-4-6-10-15/h4-12,16H,13H2,1-3H3,(H,20,21)/t16-/m1/s1. The third-order valence-corrected chi connectivity index (χ3v) is 5.75. The number of aromatic nitrogens is 1. The summed E-state index contributed by atoms with van der Waals surface area (Å²) in [4.78, 5) is 16.4. The molecule has 0 aliphatic heterocycles. The number of amides is 1. The summed E-state index contributed by atoms with van der Waals surface area (Å²) in [6, 6.07) is 11.6. The van der Waals surface area contributed by atoms with Crippen LogP contribution in [-0.2, 0) is 14.6 Å². The summed E-state index contributed by atoms with van der Waals surface area (Å²) in [5.74, 6) is -0.195. The van der Waals surface area contributed by atoms with Crippen molar-refractivity contribution >= 4 is 15.7 Å². The van der Waals surface area contributed by atoms with Gasteiger partial charge in [0.25, 0.3) is 0 Å².